The van der Waals surface area contributed by atoms with E-state index in [1.165, 1.54) is 129 Å². The Labute approximate surface area is 199 Å². The summed E-state index contributed by atoms with van der Waals surface area (Å²) in [6, 6.07) is 11.7. The smallest absolute Gasteiger partial charge is 0.0351 e. The summed E-state index contributed by atoms with van der Waals surface area (Å²) >= 11 is 0. The molecule has 1 heteroatoms. The summed E-state index contributed by atoms with van der Waals surface area (Å²) in [5.41, 5.74) is 3.25. The molecule has 1 saturated heterocycles. The SMILES string of the molecule is CC1CCCCCCCCCC1c1ccc(C2CCCCCCCCN2C2CCC2)cc1. The van der Waals surface area contributed by atoms with Gasteiger partial charge in [-0.2, -0.15) is 0 Å². The summed E-state index contributed by atoms with van der Waals surface area (Å²) in [7, 11) is 0. The van der Waals surface area contributed by atoms with Crippen molar-refractivity contribution in [1.29, 1.82) is 0 Å². The fraction of sp³-hybridized carbons (Fsp3) is 0.806. The minimum absolute atomic E-state index is 0.664. The van der Waals surface area contributed by atoms with E-state index in [1.807, 2.05) is 0 Å². The molecule has 0 bridgehead atoms. The predicted molar refractivity (Wildman–Crippen MR) is 139 cm³/mol. The Morgan fingerprint density at radius 3 is 1.69 bits per heavy atom. The summed E-state index contributed by atoms with van der Waals surface area (Å²) in [6.45, 7) is 3.87. The van der Waals surface area contributed by atoms with E-state index in [0.717, 1.165) is 17.9 Å². The highest BCUT2D eigenvalue weighted by Crippen LogP contribution is 2.38. The average Bonchev–Trinajstić information content (AvgIpc) is 2.82. The van der Waals surface area contributed by atoms with Crippen molar-refractivity contribution in [2.45, 2.75) is 147 Å². The molecule has 0 N–H and O–H groups in total. The Bertz CT molecular complexity index is 630. The molecule has 3 aliphatic rings. The van der Waals surface area contributed by atoms with E-state index in [9.17, 15) is 0 Å². The van der Waals surface area contributed by atoms with Crippen LogP contribution in [0, 0.1) is 5.92 Å². The van der Waals surface area contributed by atoms with Crippen molar-refractivity contribution in [3.8, 4) is 0 Å². The fourth-order valence-electron chi connectivity index (χ4n) is 6.84. The van der Waals surface area contributed by atoms with Crippen molar-refractivity contribution in [1.82, 2.24) is 4.90 Å². The van der Waals surface area contributed by atoms with E-state index in [2.05, 4.69) is 36.1 Å². The third-order valence-electron chi connectivity index (χ3n) is 9.20. The maximum atomic E-state index is 2.94. The van der Waals surface area contributed by atoms with E-state index in [-0.39, 0.29) is 0 Å². The molecule has 1 heterocycles. The van der Waals surface area contributed by atoms with Crippen molar-refractivity contribution in [2.75, 3.05) is 6.54 Å². The second-order valence-corrected chi connectivity index (χ2v) is 11.6. The van der Waals surface area contributed by atoms with Crippen LogP contribution < -0.4 is 0 Å². The molecule has 3 atom stereocenters. The first kappa shape index (κ1) is 24.3. The van der Waals surface area contributed by atoms with Gasteiger partial charge in [-0.15, -0.1) is 0 Å². The largest absolute Gasteiger partial charge is 0.293 e. The van der Waals surface area contributed by atoms with Gasteiger partial charge in [0.25, 0.3) is 0 Å². The highest BCUT2D eigenvalue weighted by atomic mass is 15.2. The van der Waals surface area contributed by atoms with Crippen LogP contribution in [0.4, 0.5) is 0 Å². The molecule has 4 rings (SSSR count). The molecule has 180 valence electrons. The van der Waals surface area contributed by atoms with Crippen molar-refractivity contribution in [3.63, 3.8) is 0 Å². The molecule has 1 aromatic rings. The molecule has 0 aromatic heterocycles. The van der Waals surface area contributed by atoms with Crippen LogP contribution in [0.1, 0.15) is 152 Å². The summed E-state index contributed by atoms with van der Waals surface area (Å²) < 4.78 is 0. The lowest BCUT2D eigenvalue weighted by atomic mass is 9.80. The third kappa shape index (κ3) is 6.85. The van der Waals surface area contributed by atoms with Crippen LogP contribution in [0.5, 0.6) is 0 Å². The molecule has 1 nitrogen and oxygen atoms in total. The summed E-state index contributed by atoms with van der Waals surface area (Å²) in [4.78, 5) is 2.94. The van der Waals surface area contributed by atoms with E-state index in [4.69, 9.17) is 0 Å². The highest BCUT2D eigenvalue weighted by Gasteiger charge is 2.31. The van der Waals surface area contributed by atoms with Crippen molar-refractivity contribution in [2.24, 2.45) is 5.92 Å². The number of rotatable bonds is 3. The first-order valence-corrected chi connectivity index (χ1v) is 14.7. The van der Waals surface area contributed by atoms with Crippen LogP contribution in [-0.2, 0) is 0 Å². The van der Waals surface area contributed by atoms with Gasteiger partial charge in [0.15, 0.2) is 0 Å². The average molecular weight is 438 g/mol. The molecular formula is C31H51N. The van der Waals surface area contributed by atoms with Gasteiger partial charge < -0.3 is 0 Å². The maximum Gasteiger partial charge on any atom is 0.0351 e. The zero-order chi connectivity index (χ0) is 22.0. The first-order chi connectivity index (χ1) is 15.8. The summed E-state index contributed by atoms with van der Waals surface area (Å²) in [5.74, 6) is 1.60. The van der Waals surface area contributed by atoms with Crippen LogP contribution in [0.3, 0.4) is 0 Å². The van der Waals surface area contributed by atoms with Crippen LogP contribution in [-0.4, -0.2) is 17.5 Å². The molecule has 0 radical (unpaired) electrons. The Morgan fingerprint density at radius 2 is 1.06 bits per heavy atom. The quantitative estimate of drug-likeness (QED) is 0.455. The highest BCUT2D eigenvalue weighted by molar-refractivity contribution is 5.28. The normalized spacial score (nSPS) is 30.7. The molecular weight excluding hydrogens is 386 g/mol. The van der Waals surface area contributed by atoms with Gasteiger partial charge >= 0.3 is 0 Å². The van der Waals surface area contributed by atoms with Crippen molar-refractivity contribution < 1.29 is 0 Å². The molecule has 32 heavy (non-hydrogen) atoms. The van der Waals surface area contributed by atoms with E-state index in [0.29, 0.717) is 6.04 Å². The number of nitrogens with zero attached hydrogens (tertiary/aromatic N) is 1. The molecule has 2 saturated carbocycles. The van der Waals surface area contributed by atoms with Crippen molar-refractivity contribution in [3.05, 3.63) is 35.4 Å². The van der Waals surface area contributed by atoms with E-state index < -0.39 is 0 Å². The summed E-state index contributed by atoms with van der Waals surface area (Å²) in [6.07, 6.45) is 27.3. The van der Waals surface area contributed by atoms with Gasteiger partial charge in [0, 0.05) is 12.1 Å². The Morgan fingerprint density at radius 1 is 0.531 bits per heavy atom. The third-order valence-corrected chi connectivity index (χ3v) is 9.20. The second-order valence-electron chi connectivity index (χ2n) is 11.6. The maximum absolute atomic E-state index is 2.94. The van der Waals surface area contributed by atoms with Gasteiger partial charge in [-0.05, 0) is 61.6 Å². The Kier molecular flexibility index (Phi) is 10.0. The molecule has 2 aliphatic carbocycles. The van der Waals surface area contributed by atoms with Gasteiger partial charge in [-0.3, -0.25) is 4.90 Å². The van der Waals surface area contributed by atoms with Gasteiger partial charge in [0.2, 0.25) is 0 Å². The van der Waals surface area contributed by atoms with Gasteiger partial charge in [0.05, 0.1) is 0 Å². The van der Waals surface area contributed by atoms with E-state index >= 15 is 0 Å². The minimum Gasteiger partial charge on any atom is -0.293 e. The topological polar surface area (TPSA) is 3.24 Å². The molecule has 0 spiro atoms. The zero-order valence-electron chi connectivity index (χ0n) is 21.2. The molecule has 3 fully saturated rings. The second kappa shape index (κ2) is 13.2. The molecule has 1 aromatic carbocycles. The lowest BCUT2D eigenvalue weighted by Crippen LogP contribution is -2.43. The molecule has 1 aliphatic heterocycles. The molecule has 0 amide bonds. The van der Waals surface area contributed by atoms with E-state index in [1.54, 1.807) is 11.1 Å². The predicted octanol–water partition coefficient (Wildman–Crippen LogP) is 9.57. The zero-order valence-corrected chi connectivity index (χ0v) is 21.2. The monoisotopic (exact) mass is 437 g/mol. The van der Waals surface area contributed by atoms with Crippen LogP contribution in [0.2, 0.25) is 0 Å². The number of hydrogen-bond acceptors (Lipinski definition) is 1. The standard InChI is InChI=1S/C31H51N/c1-26-16-11-7-3-2-4-8-12-19-30(26)27-21-23-28(24-22-27)31-20-13-9-5-6-10-14-25-32(31)29-17-15-18-29/h21-24,26,29-31H,2-20,25H2,1H3. The van der Waals surface area contributed by atoms with Crippen molar-refractivity contribution >= 4 is 0 Å². The molecule has 3 unspecified atom stereocenters. The van der Waals surface area contributed by atoms with Gasteiger partial charge in [-0.1, -0.05) is 121 Å². The lowest BCUT2D eigenvalue weighted by Gasteiger charge is -2.43. The number of hydrogen-bond donors (Lipinski definition) is 0. The Balaban J connectivity index is 1.48. The van der Waals surface area contributed by atoms with Gasteiger partial charge in [-0.25, -0.2) is 0 Å². The Hall–Kier alpha value is -0.820. The van der Waals surface area contributed by atoms with Gasteiger partial charge in [0.1, 0.15) is 0 Å². The lowest BCUT2D eigenvalue weighted by molar-refractivity contribution is 0.0688. The van der Waals surface area contributed by atoms with Crippen LogP contribution >= 0.6 is 0 Å². The fourth-order valence-corrected chi connectivity index (χ4v) is 6.84. The summed E-state index contributed by atoms with van der Waals surface area (Å²) in [5, 5.41) is 0. The number of benzene rings is 1. The van der Waals surface area contributed by atoms with Crippen LogP contribution in [0.15, 0.2) is 24.3 Å². The minimum atomic E-state index is 0.664. The first-order valence-electron chi connectivity index (χ1n) is 14.7. The van der Waals surface area contributed by atoms with Crippen LogP contribution in [0.25, 0.3) is 0 Å².